The van der Waals surface area contributed by atoms with E-state index in [-0.39, 0.29) is 5.91 Å². The van der Waals surface area contributed by atoms with Crippen molar-refractivity contribution in [2.45, 2.75) is 51.5 Å². The summed E-state index contributed by atoms with van der Waals surface area (Å²) in [6.45, 7) is 1.44. The van der Waals surface area contributed by atoms with Gasteiger partial charge in [0.1, 0.15) is 5.41 Å². The Morgan fingerprint density at radius 3 is 2.70 bits per heavy atom. The molecule has 1 aliphatic carbocycles. The highest BCUT2D eigenvalue weighted by Crippen LogP contribution is 2.34. The molecular formula is C15H22N4O. The average Bonchev–Trinajstić information content (AvgIpc) is 2.86. The van der Waals surface area contributed by atoms with Gasteiger partial charge in [-0.25, -0.2) is 4.98 Å². The molecule has 0 radical (unpaired) electrons. The van der Waals surface area contributed by atoms with E-state index >= 15 is 0 Å². The van der Waals surface area contributed by atoms with E-state index in [0.29, 0.717) is 19.4 Å². The Bertz CT molecular complexity index is 453. The number of hydrogen-bond acceptors (Lipinski definition) is 3. The third-order valence-electron chi connectivity index (χ3n) is 4.04. The molecule has 5 nitrogen and oxygen atoms in total. The predicted molar refractivity (Wildman–Crippen MR) is 75.6 cm³/mol. The average molecular weight is 274 g/mol. The van der Waals surface area contributed by atoms with Crippen LogP contribution in [0.4, 0.5) is 0 Å². The Balaban J connectivity index is 1.79. The standard InChI is InChI=1S/C15H22N4O/c16-12-15(6-3-1-2-4-7-15)14(20)18-8-5-10-19-11-9-17-13-19/h9,11,13H,1-8,10H2,(H,18,20). The molecule has 1 aliphatic rings. The number of hydrogen-bond donors (Lipinski definition) is 1. The largest absolute Gasteiger partial charge is 0.355 e. The summed E-state index contributed by atoms with van der Waals surface area (Å²) in [7, 11) is 0. The molecule has 0 unspecified atom stereocenters. The molecule has 0 atom stereocenters. The fourth-order valence-corrected chi connectivity index (χ4v) is 2.77. The molecule has 0 spiro atoms. The lowest BCUT2D eigenvalue weighted by Crippen LogP contribution is -2.40. The molecule has 20 heavy (non-hydrogen) atoms. The molecule has 2 rings (SSSR count). The van der Waals surface area contributed by atoms with E-state index in [4.69, 9.17) is 0 Å². The van der Waals surface area contributed by atoms with Gasteiger partial charge in [0, 0.05) is 25.5 Å². The molecule has 108 valence electrons. The SMILES string of the molecule is N#CC1(C(=O)NCCCn2ccnc2)CCCCCC1. The smallest absolute Gasteiger partial charge is 0.240 e. The molecule has 0 aliphatic heterocycles. The molecule has 1 aromatic heterocycles. The van der Waals surface area contributed by atoms with Crippen LogP contribution in [0.1, 0.15) is 44.9 Å². The zero-order chi connectivity index (χ0) is 14.3. The Labute approximate surface area is 120 Å². The molecule has 1 aromatic rings. The first kappa shape index (κ1) is 14.6. The summed E-state index contributed by atoms with van der Waals surface area (Å²) in [6.07, 6.45) is 11.9. The minimum Gasteiger partial charge on any atom is -0.355 e. The Hall–Kier alpha value is -1.83. The van der Waals surface area contributed by atoms with E-state index in [0.717, 1.165) is 38.6 Å². The first-order valence-electron chi connectivity index (χ1n) is 7.42. The number of amides is 1. The maximum absolute atomic E-state index is 12.3. The maximum atomic E-state index is 12.3. The number of aryl methyl sites for hydroxylation is 1. The zero-order valence-electron chi connectivity index (χ0n) is 11.8. The number of carbonyl (C=O) groups is 1. The van der Waals surface area contributed by atoms with Gasteiger partial charge in [-0.05, 0) is 19.3 Å². The van der Waals surface area contributed by atoms with Crippen molar-refractivity contribution in [2.75, 3.05) is 6.54 Å². The summed E-state index contributed by atoms with van der Waals surface area (Å²) < 4.78 is 1.98. The third-order valence-corrected chi connectivity index (χ3v) is 4.04. The minimum atomic E-state index is -0.786. The van der Waals surface area contributed by atoms with E-state index in [1.54, 1.807) is 12.5 Å². The first-order valence-corrected chi connectivity index (χ1v) is 7.42. The van der Waals surface area contributed by atoms with Gasteiger partial charge in [-0.1, -0.05) is 25.7 Å². The van der Waals surface area contributed by atoms with Crippen LogP contribution in [-0.4, -0.2) is 22.0 Å². The fourth-order valence-electron chi connectivity index (χ4n) is 2.77. The highest BCUT2D eigenvalue weighted by Gasteiger charge is 2.38. The molecule has 0 bridgehead atoms. The summed E-state index contributed by atoms with van der Waals surface area (Å²) in [4.78, 5) is 16.3. The van der Waals surface area contributed by atoms with E-state index in [1.807, 2.05) is 10.8 Å². The van der Waals surface area contributed by atoms with Crippen LogP contribution in [0.15, 0.2) is 18.7 Å². The lowest BCUT2D eigenvalue weighted by atomic mass is 9.81. The monoisotopic (exact) mass is 274 g/mol. The Morgan fingerprint density at radius 2 is 2.10 bits per heavy atom. The quantitative estimate of drug-likeness (QED) is 0.661. The van der Waals surface area contributed by atoms with Gasteiger partial charge in [0.05, 0.1) is 12.4 Å². The molecule has 1 fully saturated rings. The number of aromatic nitrogens is 2. The number of nitriles is 1. The lowest BCUT2D eigenvalue weighted by Gasteiger charge is -2.23. The fraction of sp³-hybridized carbons (Fsp3) is 0.667. The van der Waals surface area contributed by atoms with Crippen molar-refractivity contribution in [3.05, 3.63) is 18.7 Å². The molecule has 1 amide bonds. The first-order chi connectivity index (χ1) is 9.77. The number of carbonyl (C=O) groups excluding carboxylic acids is 1. The molecular weight excluding hydrogens is 252 g/mol. The van der Waals surface area contributed by atoms with Crippen molar-refractivity contribution in [3.63, 3.8) is 0 Å². The predicted octanol–water partition coefficient (Wildman–Crippen LogP) is 2.25. The van der Waals surface area contributed by atoms with Gasteiger partial charge in [-0.3, -0.25) is 4.79 Å². The minimum absolute atomic E-state index is 0.0764. The van der Waals surface area contributed by atoms with Gasteiger partial charge >= 0.3 is 0 Å². The summed E-state index contributed by atoms with van der Waals surface area (Å²) >= 11 is 0. The van der Waals surface area contributed by atoms with Crippen LogP contribution in [0.5, 0.6) is 0 Å². The molecule has 0 saturated heterocycles. The molecule has 1 N–H and O–H groups in total. The van der Waals surface area contributed by atoms with Crippen molar-refractivity contribution in [2.24, 2.45) is 5.41 Å². The van der Waals surface area contributed by atoms with Crippen LogP contribution in [0.2, 0.25) is 0 Å². The van der Waals surface area contributed by atoms with E-state index < -0.39 is 5.41 Å². The summed E-state index contributed by atoms with van der Waals surface area (Å²) in [5.74, 6) is -0.0764. The number of rotatable bonds is 5. The molecule has 5 heteroatoms. The van der Waals surface area contributed by atoms with Crippen molar-refractivity contribution in [3.8, 4) is 6.07 Å². The Morgan fingerprint density at radius 1 is 1.35 bits per heavy atom. The van der Waals surface area contributed by atoms with Crippen LogP contribution in [-0.2, 0) is 11.3 Å². The second-order valence-electron chi connectivity index (χ2n) is 5.52. The van der Waals surface area contributed by atoms with Crippen molar-refractivity contribution >= 4 is 5.91 Å². The highest BCUT2D eigenvalue weighted by atomic mass is 16.2. The third kappa shape index (κ3) is 3.60. The van der Waals surface area contributed by atoms with Gasteiger partial charge in [0.2, 0.25) is 5.91 Å². The highest BCUT2D eigenvalue weighted by molar-refractivity contribution is 5.85. The van der Waals surface area contributed by atoms with Gasteiger partial charge < -0.3 is 9.88 Å². The molecule has 1 heterocycles. The van der Waals surface area contributed by atoms with Gasteiger partial charge in [-0.15, -0.1) is 0 Å². The van der Waals surface area contributed by atoms with Crippen LogP contribution in [0.25, 0.3) is 0 Å². The van der Waals surface area contributed by atoms with E-state index in [1.165, 1.54) is 0 Å². The summed E-state index contributed by atoms with van der Waals surface area (Å²) in [5.41, 5.74) is -0.786. The van der Waals surface area contributed by atoms with Gasteiger partial charge in [-0.2, -0.15) is 5.26 Å². The van der Waals surface area contributed by atoms with Crippen LogP contribution in [0.3, 0.4) is 0 Å². The van der Waals surface area contributed by atoms with Crippen molar-refractivity contribution in [1.29, 1.82) is 5.26 Å². The molecule has 1 saturated carbocycles. The molecule has 0 aromatic carbocycles. The second kappa shape index (κ2) is 7.09. The topological polar surface area (TPSA) is 70.7 Å². The zero-order valence-corrected chi connectivity index (χ0v) is 11.8. The number of imidazole rings is 1. The summed E-state index contributed by atoms with van der Waals surface area (Å²) in [6, 6.07) is 2.28. The van der Waals surface area contributed by atoms with Gasteiger partial charge in [0.25, 0.3) is 0 Å². The van der Waals surface area contributed by atoms with Crippen LogP contribution < -0.4 is 5.32 Å². The van der Waals surface area contributed by atoms with Gasteiger partial charge in [0.15, 0.2) is 0 Å². The van der Waals surface area contributed by atoms with Crippen molar-refractivity contribution < 1.29 is 4.79 Å². The summed E-state index contributed by atoms with van der Waals surface area (Å²) in [5, 5.41) is 12.4. The normalized spacial score (nSPS) is 17.9. The van der Waals surface area contributed by atoms with E-state index in [2.05, 4.69) is 16.4 Å². The van der Waals surface area contributed by atoms with Crippen LogP contribution in [0, 0.1) is 16.7 Å². The maximum Gasteiger partial charge on any atom is 0.240 e. The van der Waals surface area contributed by atoms with Crippen molar-refractivity contribution in [1.82, 2.24) is 14.9 Å². The number of nitrogens with one attached hydrogen (secondary N) is 1. The Kier molecular flexibility index (Phi) is 5.16. The second-order valence-corrected chi connectivity index (χ2v) is 5.52. The van der Waals surface area contributed by atoms with Crippen LogP contribution >= 0.6 is 0 Å². The number of nitrogens with zero attached hydrogens (tertiary/aromatic N) is 3. The lowest BCUT2D eigenvalue weighted by molar-refractivity contribution is -0.128. The van der Waals surface area contributed by atoms with E-state index in [9.17, 15) is 10.1 Å².